The van der Waals surface area contributed by atoms with Crippen molar-refractivity contribution in [2.45, 2.75) is 13.5 Å². The summed E-state index contributed by atoms with van der Waals surface area (Å²) in [7, 11) is 0. The number of nitro groups is 1. The van der Waals surface area contributed by atoms with E-state index in [-0.39, 0.29) is 12.2 Å². The topological polar surface area (TPSA) is 86.5 Å². The van der Waals surface area contributed by atoms with Gasteiger partial charge in [0.1, 0.15) is 6.61 Å². The SMILES string of the molecule is CC(=O)OCc1ccccc1C(=O)C[N+](=O)[O-]. The highest BCUT2D eigenvalue weighted by Gasteiger charge is 2.16. The molecule has 0 bridgehead atoms. The van der Waals surface area contributed by atoms with Gasteiger partial charge in [-0.2, -0.15) is 0 Å². The minimum Gasteiger partial charge on any atom is -0.461 e. The molecule has 1 rings (SSSR count). The van der Waals surface area contributed by atoms with Crippen LogP contribution in [-0.2, 0) is 16.1 Å². The molecular weight excluding hydrogens is 226 g/mol. The van der Waals surface area contributed by atoms with Crippen molar-refractivity contribution in [3.05, 3.63) is 45.5 Å². The van der Waals surface area contributed by atoms with Crippen LogP contribution in [0, 0.1) is 10.1 Å². The summed E-state index contributed by atoms with van der Waals surface area (Å²) >= 11 is 0. The Balaban J connectivity index is 2.87. The summed E-state index contributed by atoms with van der Waals surface area (Å²) < 4.78 is 4.76. The lowest BCUT2D eigenvalue weighted by Crippen LogP contribution is -2.16. The first-order valence-corrected chi connectivity index (χ1v) is 4.87. The number of carbonyl (C=O) groups is 2. The second-order valence-corrected chi connectivity index (χ2v) is 3.35. The zero-order chi connectivity index (χ0) is 12.8. The molecule has 0 aliphatic heterocycles. The number of rotatable bonds is 5. The van der Waals surface area contributed by atoms with Crippen molar-refractivity contribution in [2.75, 3.05) is 6.54 Å². The van der Waals surface area contributed by atoms with Crippen LogP contribution in [0.25, 0.3) is 0 Å². The zero-order valence-electron chi connectivity index (χ0n) is 9.21. The Bertz CT molecular complexity index is 455. The third-order valence-corrected chi connectivity index (χ3v) is 2.02. The fourth-order valence-electron chi connectivity index (χ4n) is 1.30. The van der Waals surface area contributed by atoms with E-state index >= 15 is 0 Å². The molecular formula is C11H11NO5. The first-order chi connectivity index (χ1) is 8.00. The van der Waals surface area contributed by atoms with Crippen molar-refractivity contribution >= 4 is 11.8 Å². The maximum atomic E-state index is 11.5. The molecule has 0 aliphatic rings. The Morgan fingerprint density at radius 2 is 2.00 bits per heavy atom. The lowest BCUT2D eigenvalue weighted by atomic mass is 10.0. The number of ether oxygens (including phenoxy) is 1. The van der Waals surface area contributed by atoms with E-state index in [4.69, 9.17) is 4.74 Å². The van der Waals surface area contributed by atoms with E-state index in [9.17, 15) is 19.7 Å². The van der Waals surface area contributed by atoms with Crippen molar-refractivity contribution in [2.24, 2.45) is 0 Å². The van der Waals surface area contributed by atoms with Gasteiger partial charge in [-0.1, -0.05) is 24.3 Å². The predicted octanol–water partition coefficient (Wildman–Crippen LogP) is 1.21. The van der Waals surface area contributed by atoms with Gasteiger partial charge in [-0.25, -0.2) is 0 Å². The van der Waals surface area contributed by atoms with E-state index in [0.29, 0.717) is 5.56 Å². The van der Waals surface area contributed by atoms with E-state index in [1.807, 2.05) is 0 Å². The van der Waals surface area contributed by atoms with Crippen LogP contribution in [0.2, 0.25) is 0 Å². The van der Waals surface area contributed by atoms with E-state index in [0.717, 1.165) is 0 Å². The Hall–Kier alpha value is -2.24. The minimum absolute atomic E-state index is 0.0606. The molecule has 0 N–H and O–H groups in total. The average Bonchev–Trinajstić information content (AvgIpc) is 2.25. The minimum atomic E-state index is -0.767. The van der Waals surface area contributed by atoms with E-state index in [2.05, 4.69) is 0 Å². The second-order valence-electron chi connectivity index (χ2n) is 3.35. The highest BCUT2D eigenvalue weighted by Crippen LogP contribution is 2.11. The molecule has 0 aliphatic carbocycles. The van der Waals surface area contributed by atoms with Gasteiger partial charge in [0.2, 0.25) is 5.78 Å². The number of ketones is 1. The molecule has 90 valence electrons. The molecule has 0 fully saturated rings. The number of Topliss-reactive ketones (excluding diaryl/α,β-unsaturated/α-hetero) is 1. The molecule has 1 aromatic rings. The third kappa shape index (κ3) is 4.02. The van der Waals surface area contributed by atoms with Crippen LogP contribution in [0.4, 0.5) is 0 Å². The molecule has 0 saturated carbocycles. The molecule has 0 heterocycles. The molecule has 0 atom stereocenters. The highest BCUT2D eigenvalue weighted by atomic mass is 16.6. The van der Waals surface area contributed by atoms with Gasteiger partial charge < -0.3 is 4.74 Å². The predicted molar refractivity (Wildman–Crippen MR) is 58.1 cm³/mol. The number of hydrogen-bond donors (Lipinski definition) is 0. The molecule has 0 amide bonds. The van der Waals surface area contributed by atoms with Gasteiger partial charge in [-0.05, 0) is 0 Å². The third-order valence-electron chi connectivity index (χ3n) is 2.02. The fourth-order valence-corrected chi connectivity index (χ4v) is 1.30. The van der Waals surface area contributed by atoms with Crippen molar-refractivity contribution in [3.8, 4) is 0 Å². The van der Waals surface area contributed by atoms with E-state index in [1.165, 1.54) is 13.0 Å². The molecule has 17 heavy (non-hydrogen) atoms. The summed E-state index contributed by atoms with van der Waals surface area (Å²) in [6.45, 7) is 0.424. The van der Waals surface area contributed by atoms with E-state index in [1.54, 1.807) is 18.2 Å². The largest absolute Gasteiger partial charge is 0.461 e. The van der Waals surface area contributed by atoms with Crippen LogP contribution in [-0.4, -0.2) is 23.2 Å². The van der Waals surface area contributed by atoms with E-state index < -0.39 is 23.2 Å². The van der Waals surface area contributed by atoms with Gasteiger partial charge >= 0.3 is 5.97 Å². The van der Waals surface area contributed by atoms with Crippen molar-refractivity contribution < 1.29 is 19.2 Å². The lowest BCUT2D eigenvalue weighted by Gasteiger charge is -2.06. The normalized spacial score (nSPS) is 9.71. The lowest BCUT2D eigenvalue weighted by molar-refractivity contribution is -0.465. The van der Waals surface area contributed by atoms with Crippen molar-refractivity contribution in [1.82, 2.24) is 0 Å². The van der Waals surface area contributed by atoms with Crippen LogP contribution >= 0.6 is 0 Å². The smallest absolute Gasteiger partial charge is 0.302 e. The maximum absolute atomic E-state index is 11.5. The summed E-state index contributed by atoms with van der Waals surface area (Å²) in [4.78, 5) is 31.8. The van der Waals surface area contributed by atoms with Crippen LogP contribution in [0.5, 0.6) is 0 Å². The first-order valence-electron chi connectivity index (χ1n) is 4.87. The van der Waals surface area contributed by atoms with Gasteiger partial charge in [0.15, 0.2) is 0 Å². The van der Waals surface area contributed by atoms with Gasteiger partial charge in [0.25, 0.3) is 6.54 Å². The summed E-state index contributed by atoms with van der Waals surface area (Å²) in [5.41, 5.74) is 0.681. The Kier molecular flexibility index (Phi) is 4.33. The highest BCUT2D eigenvalue weighted by molar-refractivity contribution is 5.98. The van der Waals surface area contributed by atoms with Crippen LogP contribution < -0.4 is 0 Å². The number of nitrogens with zero attached hydrogens (tertiary/aromatic N) is 1. The molecule has 0 saturated heterocycles. The second kappa shape index (κ2) is 5.74. The van der Waals surface area contributed by atoms with Gasteiger partial charge in [0.05, 0.1) is 0 Å². The Morgan fingerprint density at radius 1 is 1.35 bits per heavy atom. The first kappa shape index (κ1) is 12.8. The maximum Gasteiger partial charge on any atom is 0.302 e. The standard InChI is InChI=1S/C11H11NO5/c1-8(13)17-7-9-4-2-3-5-10(9)11(14)6-12(15)16/h2-5H,6-7H2,1H3. The molecule has 0 unspecified atom stereocenters. The average molecular weight is 237 g/mol. The van der Waals surface area contributed by atoms with Crippen molar-refractivity contribution in [3.63, 3.8) is 0 Å². The van der Waals surface area contributed by atoms with Crippen LogP contribution in [0.3, 0.4) is 0 Å². The molecule has 6 heteroatoms. The van der Waals surface area contributed by atoms with Gasteiger partial charge in [-0.15, -0.1) is 0 Å². The molecule has 0 radical (unpaired) electrons. The van der Waals surface area contributed by atoms with Crippen LogP contribution in [0.15, 0.2) is 24.3 Å². The fraction of sp³-hybridized carbons (Fsp3) is 0.273. The summed E-state index contributed by atoms with van der Waals surface area (Å²) in [6, 6.07) is 6.34. The van der Waals surface area contributed by atoms with Crippen molar-refractivity contribution in [1.29, 1.82) is 0 Å². The van der Waals surface area contributed by atoms with Gasteiger partial charge in [0, 0.05) is 23.0 Å². The van der Waals surface area contributed by atoms with Crippen LogP contribution in [0.1, 0.15) is 22.8 Å². The van der Waals surface area contributed by atoms with Gasteiger partial charge in [-0.3, -0.25) is 19.7 Å². The summed E-state index contributed by atoms with van der Waals surface area (Å²) in [5, 5.41) is 10.3. The summed E-state index contributed by atoms with van der Waals surface area (Å²) in [5.74, 6) is -1.07. The zero-order valence-corrected chi connectivity index (χ0v) is 9.21. The number of benzene rings is 1. The number of hydrogen-bond acceptors (Lipinski definition) is 5. The molecule has 0 aromatic heterocycles. The monoisotopic (exact) mass is 237 g/mol. The Morgan fingerprint density at radius 3 is 2.59 bits per heavy atom. The molecule has 0 spiro atoms. The summed E-state index contributed by atoms with van der Waals surface area (Å²) in [6.07, 6.45) is 0. The number of carbonyl (C=O) groups excluding carboxylic acids is 2. The Labute approximate surface area is 97.3 Å². The number of esters is 1. The molecule has 1 aromatic carbocycles. The molecule has 6 nitrogen and oxygen atoms in total. The quantitative estimate of drug-likeness (QED) is 0.332.